The highest BCUT2D eigenvalue weighted by Gasteiger charge is 2.38. The van der Waals surface area contributed by atoms with Gasteiger partial charge in [0.05, 0.1) is 0 Å². The van der Waals surface area contributed by atoms with Crippen molar-refractivity contribution in [1.29, 1.82) is 0 Å². The topological polar surface area (TPSA) is 29.3 Å². The average Bonchev–Trinajstić information content (AvgIpc) is 2.85. The van der Waals surface area contributed by atoms with Gasteiger partial charge in [0.2, 0.25) is 0 Å². The maximum atomic E-state index is 6.25. The van der Waals surface area contributed by atoms with Crippen molar-refractivity contribution in [1.82, 2.24) is 4.90 Å². The summed E-state index contributed by atoms with van der Waals surface area (Å²) in [5, 5.41) is 0. The van der Waals surface area contributed by atoms with Crippen LogP contribution < -0.4 is 5.73 Å². The fraction of sp³-hybridized carbons (Fsp3) is 0.692. The molecule has 2 fully saturated rings. The lowest BCUT2D eigenvalue weighted by atomic mass is 9.78. The van der Waals surface area contributed by atoms with Crippen molar-refractivity contribution >= 4 is 51.3 Å². The molecule has 2 aliphatic rings. The van der Waals surface area contributed by atoms with Gasteiger partial charge in [-0.15, -0.1) is 23.7 Å². The Hall–Kier alpha value is 0.680. The van der Waals surface area contributed by atoms with Crippen molar-refractivity contribution in [2.24, 2.45) is 17.6 Å². The van der Waals surface area contributed by atoms with Crippen LogP contribution in [0.4, 0.5) is 0 Å². The number of likely N-dealkylation sites (tertiary alicyclic amines) is 1. The van der Waals surface area contributed by atoms with Gasteiger partial charge in [-0.1, -0.05) is 18.0 Å². The van der Waals surface area contributed by atoms with Crippen molar-refractivity contribution < 1.29 is 0 Å². The van der Waals surface area contributed by atoms with Crippen LogP contribution in [0, 0.1) is 11.8 Å². The number of fused-ring (bicyclic) bond motifs is 1. The summed E-state index contributed by atoms with van der Waals surface area (Å²) in [6.45, 7) is 3.40. The normalized spacial score (nSPS) is 31.0. The third-order valence-electron chi connectivity index (χ3n) is 4.31. The molecule has 0 radical (unpaired) electrons. The van der Waals surface area contributed by atoms with Crippen molar-refractivity contribution in [2.45, 2.75) is 31.8 Å². The Labute approximate surface area is 138 Å². The molecule has 6 heteroatoms. The molecule has 0 amide bonds. The Bertz CT molecular complexity index is 421. The van der Waals surface area contributed by atoms with Crippen molar-refractivity contribution in [3.8, 4) is 0 Å². The minimum Gasteiger partial charge on any atom is -0.327 e. The Morgan fingerprint density at radius 2 is 2.21 bits per heavy atom. The van der Waals surface area contributed by atoms with E-state index in [4.69, 9.17) is 17.3 Å². The summed E-state index contributed by atoms with van der Waals surface area (Å²) in [7, 11) is 0. The molecule has 1 aliphatic heterocycles. The number of halogens is 3. The fourth-order valence-electron chi connectivity index (χ4n) is 3.43. The number of hydrogen-bond acceptors (Lipinski definition) is 3. The molecule has 3 atom stereocenters. The lowest BCUT2D eigenvalue weighted by molar-refractivity contribution is 0.259. The standard InChI is InChI=1S/C13H18BrClN2S.ClH/c14-11-4-9(18-13(11)15)6-17-5-8-2-1-3-12(16)10(8)7-17;/h4,8,10,12H,1-3,5-7,16H2;1H. The Morgan fingerprint density at radius 3 is 2.84 bits per heavy atom. The third-order valence-corrected chi connectivity index (χ3v) is 6.76. The van der Waals surface area contributed by atoms with Gasteiger partial charge < -0.3 is 5.73 Å². The minimum atomic E-state index is 0. The second kappa shape index (κ2) is 6.63. The van der Waals surface area contributed by atoms with Crippen LogP contribution in [0.25, 0.3) is 0 Å². The zero-order valence-electron chi connectivity index (χ0n) is 10.6. The summed E-state index contributed by atoms with van der Waals surface area (Å²) < 4.78 is 1.88. The van der Waals surface area contributed by atoms with E-state index in [0.717, 1.165) is 27.2 Å². The Morgan fingerprint density at radius 1 is 1.42 bits per heavy atom. The van der Waals surface area contributed by atoms with E-state index in [2.05, 4.69) is 26.9 Å². The van der Waals surface area contributed by atoms with Crippen molar-refractivity contribution in [3.63, 3.8) is 0 Å². The lowest BCUT2D eigenvalue weighted by Gasteiger charge is -2.29. The van der Waals surface area contributed by atoms with Crippen LogP contribution in [0.1, 0.15) is 24.1 Å². The van der Waals surface area contributed by atoms with E-state index in [1.165, 1.54) is 37.2 Å². The third kappa shape index (κ3) is 3.47. The summed E-state index contributed by atoms with van der Waals surface area (Å²) in [6.07, 6.45) is 3.89. The molecule has 1 saturated heterocycles. The van der Waals surface area contributed by atoms with Crippen LogP contribution in [-0.2, 0) is 6.54 Å². The molecule has 3 rings (SSSR count). The first-order valence-corrected chi connectivity index (χ1v) is 8.54. The van der Waals surface area contributed by atoms with Crippen LogP contribution in [0.3, 0.4) is 0 Å². The second-order valence-corrected chi connectivity index (χ2v) is 8.14. The first kappa shape index (κ1) is 16.1. The van der Waals surface area contributed by atoms with E-state index >= 15 is 0 Å². The van der Waals surface area contributed by atoms with Crippen LogP contribution in [0.2, 0.25) is 4.34 Å². The smallest absolute Gasteiger partial charge is 0.107 e. The van der Waals surface area contributed by atoms with Gasteiger partial charge in [0, 0.05) is 35.0 Å². The SMILES string of the molecule is Cl.NC1CCCC2CN(Cc3cc(Br)c(Cl)s3)CC12. The molecule has 1 aliphatic carbocycles. The molecule has 0 aromatic carbocycles. The van der Waals surface area contributed by atoms with Gasteiger partial charge in [-0.2, -0.15) is 0 Å². The predicted molar refractivity (Wildman–Crippen MR) is 88.4 cm³/mol. The molecule has 1 aromatic rings. The van der Waals surface area contributed by atoms with E-state index in [0.29, 0.717) is 6.04 Å². The Kier molecular flexibility index (Phi) is 5.60. The lowest BCUT2D eigenvalue weighted by Crippen LogP contribution is -2.38. The molecule has 2 heterocycles. The quantitative estimate of drug-likeness (QED) is 0.828. The molecule has 0 bridgehead atoms. The molecule has 2 nitrogen and oxygen atoms in total. The first-order valence-electron chi connectivity index (χ1n) is 6.55. The van der Waals surface area contributed by atoms with E-state index in [1.807, 2.05) is 0 Å². The highest BCUT2D eigenvalue weighted by molar-refractivity contribution is 9.10. The summed E-state index contributed by atoms with van der Waals surface area (Å²) in [4.78, 5) is 3.90. The zero-order chi connectivity index (χ0) is 12.7. The van der Waals surface area contributed by atoms with Crippen LogP contribution in [0.15, 0.2) is 10.5 Å². The van der Waals surface area contributed by atoms with Crippen LogP contribution in [-0.4, -0.2) is 24.0 Å². The molecule has 2 N–H and O–H groups in total. The van der Waals surface area contributed by atoms with Gasteiger partial charge >= 0.3 is 0 Å². The molecule has 1 saturated carbocycles. The Balaban J connectivity index is 0.00000133. The molecule has 108 valence electrons. The van der Waals surface area contributed by atoms with Crippen LogP contribution in [0.5, 0.6) is 0 Å². The van der Waals surface area contributed by atoms with Crippen LogP contribution >= 0.6 is 51.3 Å². The second-order valence-electron chi connectivity index (χ2n) is 5.55. The van der Waals surface area contributed by atoms with Crippen molar-refractivity contribution in [3.05, 3.63) is 19.8 Å². The molecule has 0 spiro atoms. The van der Waals surface area contributed by atoms with Gasteiger partial charge in [0.1, 0.15) is 4.34 Å². The molecule has 3 unspecified atom stereocenters. The predicted octanol–water partition coefficient (Wildman–Crippen LogP) is 4.15. The molecular weight excluding hydrogens is 367 g/mol. The number of nitrogens with zero attached hydrogens (tertiary/aromatic N) is 1. The van der Waals surface area contributed by atoms with E-state index in [9.17, 15) is 0 Å². The summed E-state index contributed by atoms with van der Waals surface area (Å²) in [5.74, 6) is 1.55. The summed E-state index contributed by atoms with van der Waals surface area (Å²) >= 11 is 11.2. The largest absolute Gasteiger partial charge is 0.327 e. The summed E-state index contributed by atoms with van der Waals surface area (Å²) in [6, 6.07) is 2.57. The van der Waals surface area contributed by atoms with Gasteiger partial charge in [0.25, 0.3) is 0 Å². The highest BCUT2D eigenvalue weighted by Crippen LogP contribution is 2.38. The van der Waals surface area contributed by atoms with Gasteiger partial charge in [0.15, 0.2) is 0 Å². The molecular formula is C13H19BrCl2N2S. The highest BCUT2D eigenvalue weighted by atomic mass is 79.9. The maximum absolute atomic E-state index is 6.25. The number of nitrogens with two attached hydrogens (primary N) is 1. The van der Waals surface area contributed by atoms with Crippen molar-refractivity contribution in [2.75, 3.05) is 13.1 Å². The number of hydrogen-bond donors (Lipinski definition) is 1. The van der Waals surface area contributed by atoms with Gasteiger partial charge in [-0.05, 0) is 46.7 Å². The van der Waals surface area contributed by atoms with E-state index in [-0.39, 0.29) is 12.4 Å². The van der Waals surface area contributed by atoms with E-state index in [1.54, 1.807) is 11.3 Å². The number of rotatable bonds is 2. The minimum absolute atomic E-state index is 0. The molecule has 1 aromatic heterocycles. The first-order chi connectivity index (χ1) is 8.63. The fourth-order valence-corrected chi connectivity index (χ4v) is 5.26. The zero-order valence-corrected chi connectivity index (χ0v) is 14.6. The van der Waals surface area contributed by atoms with Gasteiger partial charge in [-0.25, -0.2) is 0 Å². The van der Waals surface area contributed by atoms with E-state index < -0.39 is 0 Å². The number of thiophene rings is 1. The van der Waals surface area contributed by atoms with Gasteiger partial charge in [-0.3, -0.25) is 4.90 Å². The average molecular weight is 386 g/mol. The molecule has 19 heavy (non-hydrogen) atoms. The monoisotopic (exact) mass is 384 g/mol. The maximum Gasteiger partial charge on any atom is 0.107 e. The summed E-state index contributed by atoms with van der Waals surface area (Å²) in [5.41, 5.74) is 6.25.